The molecule has 0 unspecified atom stereocenters. The summed E-state index contributed by atoms with van der Waals surface area (Å²) in [5.74, 6) is -3.84. The van der Waals surface area contributed by atoms with Gasteiger partial charge in [0.2, 0.25) is 11.7 Å². The van der Waals surface area contributed by atoms with Crippen molar-refractivity contribution in [3.63, 3.8) is 0 Å². The fourth-order valence-electron chi connectivity index (χ4n) is 8.01. The van der Waals surface area contributed by atoms with Gasteiger partial charge in [-0.2, -0.15) is 13.2 Å². The second-order valence-electron chi connectivity index (χ2n) is 14.7. The highest BCUT2D eigenvalue weighted by atomic mass is 19.3. The first-order valence-corrected chi connectivity index (χ1v) is 18.4. The summed E-state index contributed by atoms with van der Waals surface area (Å²) >= 11 is 0. The van der Waals surface area contributed by atoms with E-state index < -0.39 is 29.9 Å². The molecule has 2 aromatic carbocycles. The Labute approximate surface area is 306 Å². The van der Waals surface area contributed by atoms with Crippen LogP contribution in [0, 0.1) is 23.5 Å². The van der Waals surface area contributed by atoms with Gasteiger partial charge in [-0.1, -0.05) is 6.92 Å². The summed E-state index contributed by atoms with van der Waals surface area (Å²) in [4.78, 5) is 48.1. The van der Waals surface area contributed by atoms with Crippen LogP contribution in [-0.2, 0) is 18.3 Å². The number of nitrogens with one attached hydrogen (secondary N) is 2. The Morgan fingerprint density at radius 3 is 2.32 bits per heavy atom. The van der Waals surface area contributed by atoms with Crippen molar-refractivity contribution < 1.29 is 41.2 Å². The van der Waals surface area contributed by atoms with Gasteiger partial charge >= 0.3 is 6.61 Å². The Morgan fingerprint density at radius 2 is 1.66 bits per heavy atom. The van der Waals surface area contributed by atoms with E-state index in [4.69, 9.17) is 0 Å². The van der Waals surface area contributed by atoms with Crippen molar-refractivity contribution in [3.05, 3.63) is 65.1 Å². The molecule has 0 aliphatic carbocycles. The molecule has 0 radical (unpaired) electrons. The summed E-state index contributed by atoms with van der Waals surface area (Å²) in [5, 5.41) is 6.19. The van der Waals surface area contributed by atoms with Crippen LogP contribution >= 0.6 is 0 Å². The average Bonchev–Trinajstić information content (AvgIpc) is 3.54. The summed E-state index contributed by atoms with van der Waals surface area (Å²) in [6, 6.07) is 6.94. The maximum atomic E-state index is 14.8. The largest absolute Gasteiger partial charge is 0.432 e. The molecule has 3 aliphatic rings. The van der Waals surface area contributed by atoms with Gasteiger partial charge in [0.05, 0.1) is 38.6 Å². The van der Waals surface area contributed by atoms with E-state index >= 15 is 0 Å². The molecule has 6 rings (SSSR count). The van der Waals surface area contributed by atoms with Crippen LogP contribution in [0.1, 0.15) is 59.1 Å². The van der Waals surface area contributed by atoms with Crippen molar-refractivity contribution in [1.82, 2.24) is 24.7 Å². The highest BCUT2D eigenvalue weighted by molar-refractivity contribution is 6.03. The third-order valence-electron chi connectivity index (χ3n) is 11.1. The molecule has 0 saturated carbocycles. The number of piperidine rings is 2. The molecule has 2 N–H and O–H groups in total. The number of quaternary nitrogens is 1. The number of aryl methyl sites for hydroxylation is 1. The van der Waals surface area contributed by atoms with Crippen LogP contribution in [-0.4, -0.2) is 114 Å². The fraction of sp³-hybridized carbons (Fsp3) is 0.526. The number of nitrogens with zero attached hydrogens (tertiary/aromatic N) is 5. The number of anilines is 1. The smallest absolute Gasteiger partial charge is 0.387 e. The number of piperazine rings is 1. The molecule has 3 fully saturated rings. The van der Waals surface area contributed by atoms with Crippen LogP contribution in [0.2, 0.25) is 0 Å². The third-order valence-corrected chi connectivity index (χ3v) is 11.1. The molecule has 4 heterocycles. The number of likely N-dealkylation sites (tertiary alicyclic amines) is 1. The van der Waals surface area contributed by atoms with Crippen LogP contribution in [0.4, 0.5) is 23.2 Å². The number of amides is 3. The van der Waals surface area contributed by atoms with Gasteiger partial charge in [0.15, 0.2) is 17.4 Å². The van der Waals surface area contributed by atoms with E-state index in [9.17, 15) is 31.9 Å². The number of hydrogen-bond donors (Lipinski definition) is 2. The van der Waals surface area contributed by atoms with Gasteiger partial charge in [0.1, 0.15) is 0 Å². The molecule has 15 heteroatoms. The number of aromatic nitrogens is 2. The number of halogens is 4. The number of carbonyl (C=O) groups is 3. The number of alkyl halides is 2. The molecule has 11 nitrogen and oxygen atoms in total. The van der Waals surface area contributed by atoms with Crippen LogP contribution < -0.4 is 15.4 Å². The van der Waals surface area contributed by atoms with Gasteiger partial charge in [-0.25, -0.2) is 9.37 Å². The van der Waals surface area contributed by atoms with Crippen molar-refractivity contribution in [1.29, 1.82) is 0 Å². The second kappa shape index (κ2) is 16.3. The lowest BCUT2D eigenvalue weighted by Gasteiger charge is -2.44. The summed E-state index contributed by atoms with van der Waals surface area (Å²) in [6.45, 7) is 5.88. The van der Waals surface area contributed by atoms with Crippen molar-refractivity contribution in [2.45, 2.75) is 45.6 Å². The van der Waals surface area contributed by atoms with Crippen LogP contribution in [0.15, 0.2) is 36.5 Å². The Bertz CT molecular complexity index is 1810. The van der Waals surface area contributed by atoms with E-state index in [2.05, 4.69) is 27.4 Å². The SMILES string of the molecule is CCc1cc(NC(=O)c2ncc(-c3ccc(OC(F)F)c(F)c3F)n2C)ccc1C(=O)N1CCN(C(=O)C2CC[N+](C)(CC3CCNCC3)CC2)CC1. The summed E-state index contributed by atoms with van der Waals surface area (Å²) < 4.78 is 60.6. The standard InChI is InChI=1S/C38H47F4N7O4/c1-4-25-21-27(45-35(50)34-44-22-30(46(34)2)29-7-8-31(53-38(41)42)33(40)32(29)39)5-6-28(25)37(52)48-17-15-47(16-18-48)36(51)26-11-19-49(3,20-12-26)23-24-9-13-43-14-10-24/h5-8,21-22,24,26,38,43H,4,9-20,23H2,1-3H3/p+1. The first-order valence-electron chi connectivity index (χ1n) is 18.4. The molecular formula is C38H48F4N7O4+. The number of benzene rings is 2. The molecular weight excluding hydrogens is 694 g/mol. The molecule has 1 aromatic heterocycles. The Balaban J connectivity index is 1.03. The third kappa shape index (κ3) is 8.51. The predicted molar refractivity (Wildman–Crippen MR) is 191 cm³/mol. The van der Waals surface area contributed by atoms with Crippen LogP contribution in [0.25, 0.3) is 11.3 Å². The molecule has 53 heavy (non-hydrogen) atoms. The molecule has 3 amide bonds. The zero-order valence-corrected chi connectivity index (χ0v) is 30.5. The molecule has 0 atom stereocenters. The van der Waals surface area contributed by atoms with Gasteiger partial charge in [0.25, 0.3) is 11.8 Å². The van der Waals surface area contributed by atoms with E-state index in [0.717, 1.165) is 67.1 Å². The second-order valence-corrected chi connectivity index (χ2v) is 14.7. The zero-order valence-electron chi connectivity index (χ0n) is 30.5. The Hall–Kier alpha value is -4.50. The molecule has 286 valence electrons. The molecule has 0 bridgehead atoms. The molecule has 3 aliphatic heterocycles. The van der Waals surface area contributed by atoms with E-state index in [1.165, 1.54) is 37.2 Å². The zero-order chi connectivity index (χ0) is 37.9. The van der Waals surface area contributed by atoms with Crippen molar-refractivity contribution in [3.8, 4) is 17.0 Å². The number of carbonyl (C=O) groups excluding carboxylic acids is 3. The fourth-order valence-corrected chi connectivity index (χ4v) is 8.01. The van der Waals surface area contributed by atoms with Gasteiger partial charge < -0.3 is 34.2 Å². The summed E-state index contributed by atoms with van der Waals surface area (Å²) in [5.41, 5.74) is 1.39. The summed E-state index contributed by atoms with van der Waals surface area (Å²) in [7, 11) is 3.77. The van der Waals surface area contributed by atoms with Gasteiger partial charge in [-0.15, -0.1) is 0 Å². The number of imidazole rings is 1. The quantitative estimate of drug-likeness (QED) is 0.226. The van der Waals surface area contributed by atoms with Gasteiger partial charge in [-0.3, -0.25) is 14.4 Å². The number of ether oxygens (including phenoxy) is 1. The topological polar surface area (TPSA) is 109 Å². The predicted octanol–water partition coefficient (Wildman–Crippen LogP) is 4.92. The number of rotatable bonds is 10. The lowest BCUT2D eigenvalue weighted by Crippen LogP contribution is -2.56. The number of hydrogen-bond acceptors (Lipinski definition) is 6. The monoisotopic (exact) mass is 742 g/mol. The van der Waals surface area contributed by atoms with E-state index in [-0.39, 0.29) is 34.8 Å². The van der Waals surface area contributed by atoms with E-state index in [0.29, 0.717) is 43.9 Å². The first-order chi connectivity index (χ1) is 25.4. The Morgan fingerprint density at radius 1 is 0.981 bits per heavy atom. The van der Waals surface area contributed by atoms with Crippen molar-refractivity contribution in [2.24, 2.45) is 18.9 Å². The lowest BCUT2D eigenvalue weighted by molar-refractivity contribution is -0.918. The lowest BCUT2D eigenvalue weighted by atomic mass is 9.90. The molecule has 3 saturated heterocycles. The van der Waals surface area contributed by atoms with Gasteiger partial charge in [-0.05, 0) is 68.2 Å². The highest BCUT2D eigenvalue weighted by Gasteiger charge is 2.38. The van der Waals surface area contributed by atoms with Crippen molar-refractivity contribution >= 4 is 23.4 Å². The highest BCUT2D eigenvalue weighted by Crippen LogP contribution is 2.32. The molecule has 0 spiro atoms. The van der Waals surface area contributed by atoms with E-state index in [1.54, 1.807) is 23.1 Å². The van der Waals surface area contributed by atoms with E-state index in [1.807, 2.05) is 11.8 Å². The maximum Gasteiger partial charge on any atom is 0.387 e. The molecule has 3 aromatic rings. The average molecular weight is 743 g/mol. The Kier molecular flexibility index (Phi) is 11.7. The van der Waals surface area contributed by atoms with Crippen LogP contribution in [0.5, 0.6) is 5.75 Å². The maximum absolute atomic E-state index is 14.8. The summed E-state index contributed by atoms with van der Waals surface area (Å²) in [6.07, 6.45) is 5.95. The minimum absolute atomic E-state index is 0.0363. The van der Waals surface area contributed by atoms with Crippen LogP contribution in [0.3, 0.4) is 0 Å². The first kappa shape index (κ1) is 38.2. The van der Waals surface area contributed by atoms with Crippen molar-refractivity contribution in [2.75, 3.05) is 71.3 Å². The normalized spacial score (nSPS) is 21.2. The minimum Gasteiger partial charge on any atom is -0.432 e. The van der Waals surface area contributed by atoms with Gasteiger partial charge in [0, 0.05) is 74.7 Å². The minimum atomic E-state index is -3.33.